The van der Waals surface area contributed by atoms with E-state index in [1.165, 1.54) is 31.4 Å². The summed E-state index contributed by atoms with van der Waals surface area (Å²) < 4.78 is 0. The van der Waals surface area contributed by atoms with E-state index in [0.717, 1.165) is 16.5 Å². The minimum absolute atomic E-state index is 0.582. The first-order chi connectivity index (χ1) is 7.27. The van der Waals surface area contributed by atoms with E-state index in [1.54, 1.807) is 6.33 Å². The largest absolute Gasteiger partial charge is 0.230 e. The molecule has 1 aromatic heterocycles. The van der Waals surface area contributed by atoms with E-state index in [9.17, 15) is 0 Å². The van der Waals surface area contributed by atoms with Crippen molar-refractivity contribution < 1.29 is 0 Å². The molecule has 0 aliphatic heterocycles. The second-order valence-electron chi connectivity index (χ2n) is 4.06. The monoisotopic (exact) mass is 242 g/mol. The topological polar surface area (TPSA) is 25.8 Å². The van der Waals surface area contributed by atoms with Crippen molar-refractivity contribution in [1.82, 2.24) is 9.97 Å². The molecule has 2 nitrogen and oxygen atoms in total. The zero-order valence-corrected chi connectivity index (χ0v) is 10.4. The third kappa shape index (κ3) is 2.85. The molecule has 0 amide bonds. The van der Waals surface area contributed by atoms with Gasteiger partial charge in [0.15, 0.2) is 0 Å². The first-order valence-corrected chi connectivity index (χ1v) is 6.73. The van der Waals surface area contributed by atoms with Crippen molar-refractivity contribution in [3.05, 3.63) is 17.0 Å². The van der Waals surface area contributed by atoms with Gasteiger partial charge >= 0.3 is 0 Å². The standard InChI is InChI=1S/C11H15ClN2S/c1-8-10(12)13-7-14-11(8)15-6-9-4-2-3-5-9/h7,9H,2-6H2,1H3. The molecule has 0 aromatic carbocycles. The fourth-order valence-electron chi connectivity index (χ4n) is 1.93. The van der Waals surface area contributed by atoms with Gasteiger partial charge in [0.2, 0.25) is 0 Å². The van der Waals surface area contributed by atoms with Crippen LogP contribution in [0.25, 0.3) is 0 Å². The molecule has 0 saturated heterocycles. The molecule has 1 aliphatic rings. The van der Waals surface area contributed by atoms with Crippen molar-refractivity contribution in [3.63, 3.8) is 0 Å². The van der Waals surface area contributed by atoms with Crippen LogP contribution >= 0.6 is 23.4 Å². The predicted molar refractivity (Wildman–Crippen MR) is 64.5 cm³/mol. The minimum Gasteiger partial charge on any atom is -0.230 e. The Hall–Kier alpha value is -0.280. The Morgan fingerprint density at radius 2 is 2.13 bits per heavy atom. The van der Waals surface area contributed by atoms with Crippen LogP contribution in [0.5, 0.6) is 0 Å². The average molecular weight is 243 g/mol. The molecule has 4 heteroatoms. The molecule has 0 unspecified atom stereocenters. The van der Waals surface area contributed by atoms with Crippen LogP contribution in [-0.4, -0.2) is 15.7 Å². The van der Waals surface area contributed by atoms with E-state index < -0.39 is 0 Å². The molecule has 1 aliphatic carbocycles. The van der Waals surface area contributed by atoms with Crippen LogP contribution in [0, 0.1) is 12.8 Å². The molecule has 0 spiro atoms. The highest BCUT2D eigenvalue weighted by Crippen LogP contribution is 2.32. The lowest BCUT2D eigenvalue weighted by Crippen LogP contribution is -1.98. The lowest BCUT2D eigenvalue weighted by atomic mass is 10.1. The molecule has 1 heterocycles. The molecule has 0 radical (unpaired) electrons. The van der Waals surface area contributed by atoms with E-state index in [-0.39, 0.29) is 0 Å². The number of hydrogen-bond donors (Lipinski definition) is 0. The van der Waals surface area contributed by atoms with E-state index in [0.29, 0.717) is 5.15 Å². The average Bonchev–Trinajstić information content (AvgIpc) is 2.73. The summed E-state index contributed by atoms with van der Waals surface area (Å²) in [5.41, 5.74) is 1.02. The fraction of sp³-hybridized carbons (Fsp3) is 0.636. The normalized spacial score (nSPS) is 17.2. The first kappa shape index (κ1) is 11.2. The van der Waals surface area contributed by atoms with Gasteiger partial charge < -0.3 is 0 Å². The van der Waals surface area contributed by atoms with Crippen LogP contribution in [0.4, 0.5) is 0 Å². The van der Waals surface area contributed by atoms with Crippen LogP contribution < -0.4 is 0 Å². The summed E-state index contributed by atoms with van der Waals surface area (Å²) in [4.78, 5) is 8.23. The molecule has 15 heavy (non-hydrogen) atoms. The summed E-state index contributed by atoms with van der Waals surface area (Å²) in [6.45, 7) is 1.99. The van der Waals surface area contributed by atoms with Gasteiger partial charge in [0, 0.05) is 11.3 Å². The molecule has 1 aromatic rings. The number of rotatable bonds is 3. The molecule has 2 rings (SSSR count). The maximum atomic E-state index is 5.94. The lowest BCUT2D eigenvalue weighted by molar-refractivity contribution is 0.622. The highest BCUT2D eigenvalue weighted by atomic mass is 35.5. The maximum absolute atomic E-state index is 5.94. The molecule has 0 bridgehead atoms. The van der Waals surface area contributed by atoms with E-state index in [4.69, 9.17) is 11.6 Å². The molecular weight excluding hydrogens is 228 g/mol. The molecule has 82 valence electrons. The van der Waals surface area contributed by atoms with Gasteiger partial charge in [-0.2, -0.15) is 0 Å². The Morgan fingerprint density at radius 3 is 2.87 bits per heavy atom. The molecule has 0 N–H and O–H groups in total. The van der Waals surface area contributed by atoms with Gasteiger partial charge in [0.25, 0.3) is 0 Å². The van der Waals surface area contributed by atoms with Crippen molar-refractivity contribution in [1.29, 1.82) is 0 Å². The Kier molecular flexibility index (Phi) is 3.87. The third-order valence-electron chi connectivity index (χ3n) is 2.91. The highest BCUT2D eigenvalue weighted by molar-refractivity contribution is 7.99. The number of aromatic nitrogens is 2. The van der Waals surface area contributed by atoms with Crippen LogP contribution in [0.15, 0.2) is 11.4 Å². The summed E-state index contributed by atoms with van der Waals surface area (Å²) in [5, 5.41) is 1.63. The van der Waals surface area contributed by atoms with Crippen molar-refractivity contribution in [3.8, 4) is 0 Å². The first-order valence-electron chi connectivity index (χ1n) is 5.37. The smallest absolute Gasteiger partial charge is 0.136 e. The van der Waals surface area contributed by atoms with Gasteiger partial charge in [-0.3, -0.25) is 0 Å². The van der Waals surface area contributed by atoms with Crippen molar-refractivity contribution in [2.45, 2.75) is 37.6 Å². The van der Waals surface area contributed by atoms with Gasteiger partial charge in [-0.15, -0.1) is 11.8 Å². The van der Waals surface area contributed by atoms with Crippen LogP contribution in [0.3, 0.4) is 0 Å². The van der Waals surface area contributed by atoms with Crippen molar-refractivity contribution >= 4 is 23.4 Å². The van der Waals surface area contributed by atoms with Gasteiger partial charge in [-0.25, -0.2) is 9.97 Å². The summed E-state index contributed by atoms with van der Waals surface area (Å²) in [5.74, 6) is 2.05. The fourth-order valence-corrected chi connectivity index (χ4v) is 3.28. The van der Waals surface area contributed by atoms with Gasteiger partial charge in [0.05, 0.1) is 0 Å². The second kappa shape index (κ2) is 5.17. The number of halogens is 1. The molecule has 1 saturated carbocycles. The van der Waals surface area contributed by atoms with Crippen LogP contribution in [-0.2, 0) is 0 Å². The van der Waals surface area contributed by atoms with Gasteiger partial charge in [-0.1, -0.05) is 24.4 Å². The highest BCUT2D eigenvalue weighted by Gasteiger charge is 2.16. The minimum atomic E-state index is 0.582. The predicted octanol–water partition coefficient (Wildman–Crippen LogP) is 3.72. The molecule has 0 atom stereocenters. The summed E-state index contributed by atoms with van der Waals surface area (Å²) >= 11 is 7.77. The van der Waals surface area contributed by atoms with Crippen molar-refractivity contribution in [2.24, 2.45) is 5.92 Å². The SMILES string of the molecule is Cc1c(Cl)ncnc1SCC1CCCC1. The van der Waals surface area contributed by atoms with Crippen LogP contribution in [0.1, 0.15) is 31.2 Å². The zero-order valence-electron chi connectivity index (χ0n) is 8.87. The van der Waals surface area contributed by atoms with E-state index in [2.05, 4.69) is 9.97 Å². The van der Waals surface area contributed by atoms with E-state index >= 15 is 0 Å². The second-order valence-corrected chi connectivity index (χ2v) is 5.42. The maximum Gasteiger partial charge on any atom is 0.136 e. The summed E-state index contributed by atoms with van der Waals surface area (Å²) in [7, 11) is 0. The Balaban J connectivity index is 1.95. The Morgan fingerprint density at radius 1 is 1.40 bits per heavy atom. The summed E-state index contributed by atoms with van der Waals surface area (Å²) in [6, 6.07) is 0. The van der Waals surface area contributed by atoms with Crippen molar-refractivity contribution in [2.75, 3.05) is 5.75 Å². The third-order valence-corrected chi connectivity index (χ3v) is 4.61. The molecular formula is C11H15ClN2S. The molecule has 1 fully saturated rings. The number of thioether (sulfide) groups is 1. The lowest BCUT2D eigenvalue weighted by Gasteiger charge is -2.09. The number of hydrogen-bond acceptors (Lipinski definition) is 3. The Bertz CT molecular complexity index is 337. The quantitative estimate of drug-likeness (QED) is 0.597. The van der Waals surface area contributed by atoms with Gasteiger partial charge in [-0.05, 0) is 25.7 Å². The van der Waals surface area contributed by atoms with Crippen LogP contribution in [0.2, 0.25) is 5.15 Å². The Labute approximate surface area is 99.8 Å². The summed E-state index contributed by atoms with van der Waals surface area (Å²) in [6.07, 6.45) is 7.10. The number of nitrogens with zero attached hydrogens (tertiary/aromatic N) is 2. The zero-order chi connectivity index (χ0) is 10.7. The van der Waals surface area contributed by atoms with Gasteiger partial charge in [0.1, 0.15) is 16.5 Å². The van der Waals surface area contributed by atoms with E-state index in [1.807, 2.05) is 18.7 Å².